The van der Waals surface area contributed by atoms with Crippen molar-refractivity contribution in [3.8, 4) is 5.69 Å². The second-order valence-electron chi connectivity index (χ2n) is 7.77. The predicted molar refractivity (Wildman–Crippen MR) is 120 cm³/mol. The van der Waals surface area contributed by atoms with Gasteiger partial charge in [-0.15, -0.1) is 21.5 Å². The van der Waals surface area contributed by atoms with Crippen LogP contribution in [0.3, 0.4) is 0 Å². The van der Waals surface area contributed by atoms with Crippen LogP contribution in [0.1, 0.15) is 30.5 Å². The maximum absolute atomic E-state index is 10.6. The SMILES string of the molecule is CC1CCN(CC(O)CSc2nnc(Cc3cccs3)n2-c2ccccc2)CC1. The average Bonchev–Trinajstić information content (AvgIpc) is 3.39. The fourth-order valence-corrected chi connectivity index (χ4v) is 5.27. The summed E-state index contributed by atoms with van der Waals surface area (Å²) in [7, 11) is 0. The molecule has 4 rings (SSSR count). The molecule has 2 aromatic heterocycles. The Morgan fingerprint density at radius 3 is 2.66 bits per heavy atom. The van der Waals surface area contributed by atoms with Crippen molar-refractivity contribution in [1.82, 2.24) is 19.7 Å². The number of aromatic nitrogens is 3. The number of thioether (sulfide) groups is 1. The molecule has 0 bridgehead atoms. The minimum Gasteiger partial charge on any atom is -0.391 e. The average molecular weight is 429 g/mol. The minimum absolute atomic E-state index is 0.366. The molecule has 1 aliphatic heterocycles. The highest BCUT2D eigenvalue weighted by Gasteiger charge is 2.20. The lowest BCUT2D eigenvalue weighted by molar-refractivity contribution is 0.105. The Hall–Kier alpha value is -1.67. The minimum atomic E-state index is -0.366. The molecule has 3 heterocycles. The van der Waals surface area contributed by atoms with E-state index >= 15 is 0 Å². The van der Waals surface area contributed by atoms with Gasteiger partial charge in [-0.25, -0.2) is 0 Å². The molecule has 1 saturated heterocycles. The fraction of sp³-hybridized carbons (Fsp3) is 0.455. The number of aliphatic hydroxyl groups is 1. The maximum atomic E-state index is 10.6. The van der Waals surface area contributed by atoms with Crippen molar-refractivity contribution >= 4 is 23.1 Å². The Morgan fingerprint density at radius 1 is 1.14 bits per heavy atom. The van der Waals surface area contributed by atoms with Crippen molar-refractivity contribution in [3.63, 3.8) is 0 Å². The van der Waals surface area contributed by atoms with Gasteiger partial charge in [0.15, 0.2) is 5.16 Å². The number of likely N-dealkylation sites (tertiary alicyclic amines) is 1. The molecule has 1 aliphatic rings. The van der Waals surface area contributed by atoms with Crippen LogP contribution in [-0.2, 0) is 6.42 Å². The molecule has 1 fully saturated rings. The molecular weight excluding hydrogens is 400 g/mol. The van der Waals surface area contributed by atoms with E-state index in [4.69, 9.17) is 0 Å². The number of nitrogens with zero attached hydrogens (tertiary/aromatic N) is 4. The molecule has 1 unspecified atom stereocenters. The number of hydrogen-bond acceptors (Lipinski definition) is 6. The Kier molecular flexibility index (Phi) is 7.02. The van der Waals surface area contributed by atoms with Crippen LogP contribution in [0.2, 0.25) is 0 Å². The van der Waals surface area contributed by atoms with Crippen LogP contribution in [0.15, 0.2) is 53.0 Å². The van der Waals surface area contributed by atoms with Crippen LogP contribution in [0.5, 0.6) is 0 Å². The monoisotopic (exact) mass is 428 g/mol. The smallest absolute Gasteiger partial charge is 0.195 e. The van der Waals surface area contributed by atoms with Crippen molar-refractivity contribution in [3.05, 3.63) is 58.5 Å². The highest BCUT2D eigenvalue weighted by atomic mass is 32.2. The summed E-state index contributed by atoms with van der Waals surface area (Å²) < 4.78 is 2.12. The maximum Gasteiger partial charge on any atom is 0.195 e. The lowest BCUT2D eigenvalue weighted by atomic mass is 9.99. The third-order valence-electron chi connectivity index (χ3n) is 5.38. The lowest BCUT2D eigenvalue weighted by Crippen LogP contribution is -2.39. The van der Waals surface area contributed by atoms with Gasteiger partial charge in [0.25, 0.3) is 0 Å². The number of rotatable bonds is 8. The predicted octanol–water partition coefficient (Wildman–Crippen LogP) is 4.10. The number of benzene rings is 1. The lowest BCUT2D eigenvalue weighted by Gasteiger charge is -2.31. The highest BCUT2D eigenvalue weighted by molar-refractivity contribution is 7.99. The Bertz CT molecular complexity index is 874. The van der Waals surface area contributed by atoms with Crippen LogP contribution in [-0.4, -0.2) is 56.3 Å². The number of β-amino-alcohol motifs (C(OH)–C–C–N with tert-alkyl or cyclic N) is 1. The summed E-state index contributed by atoms with van der Waals surface area (Å²) in [6.07, 6.45) is 2.85. The van der Waals surface area contributed by atoms with E-state index in [0.717, 1.165) is 48.6 Å². The zero-order valence-corrected chi connectivity index (χ0v) is 18.4. The first-order valence-corrected chi connectivity index (χ1v) is 12.1. The zero-order valence-electron chi connectivity index (χ0n) is 16.8. The molecule has 0 saturated carbocycles. The number of thiophene rings is 1. The van der Waals surface area contributed by atoms with Crippen molar-refractivity contribution in [1.29, 1.82) is 0 Å². The molecule has 0 amide bonds. The molecule has 1 aromatic carbocycles. The molecular formula is C22H28N4OS2. The first kappa shape index (κ1) is 20.6. The van der Waals surface area contributed by atoms with E-state index in [1.807, 2.05) is 18.2 Å². The molecule has 1 N–H and O–H groups in total. The molecule has 0 aliphatic carbocycles. The van der Waals surface area contributed by atoms with E-state index < -0.39 is 0 Å². The Balaban J connectivity index is 1.44. The van der Waals surface area contributed by atoms with Crippen LogP contribution in [0, 0.1) is 5.92 Å². The molecule has 29 heavy (non-hydrogen) atoms. The van der Waals surface area contributed by atoms with Gasteiger partial charge in [-0.2, -0.15) is 0 Å². The summed E-state index contributed by atoms with van der Waals surface area (Å²) in [5, 5.41) is 22.5. The summed E-state index contributed by atoms with van der Waals surface area (Å²) >= 11 is 3.32. The van der Waals surface area contributed by atoms with Crippen LogP contribution >= 0.6 is 23.1 Å². The topological polar surface area (TPSA) is 54.2 Å². The Morgan fingerprint density at radius 2 is 1.93 bits per heavy atom. The van der Waals surface area contributed by atoms with Gasteiger partial charge in [-0.05, 0) is 55.4 Å². The second-order valence-corrected chi connectivity index (χ2v) is 9.79. The van der Waals surface area contributed by atoms with E-state index in [2.05, 4.69) is 56.2 Å². The number of hydrogen-bond donors (Lipinski definition) is 1. The third kappa shape index (κ3) is 5.48. The quantitative estimate of drug-likeness (QED) is 0.548. The first-order valence-electron chi connectivity index (χ1n) is 10.2. The van der Waals surface area contributed by atoms with Gasteiger partial charge >= 0.3 is 0 Å². The van der Waals surface area contributed by atoms with Gasteiger partial charge in [0, 0.05) is 29.3 Å². The summed E-state index contributed by atoms with van der Waals surface area (Å²) in [5.41, 5.74) is 1.06. The second kappa shape index (κ2) is 9.89. The van der Waals surface area contributed by atoms with E-state index in [1.54, 1.807) is 23.1 Å². The Labute approximate surface area is 180 Å². The molecule has 5 nitrogen and oxygen atoms in total. The van der Waals surface area contributed by atoms with E-state index in [1.165, 1.54) is 17.7 Å². The van der Waals surface area contributed by atoms with Gasteiger partial charge in [0.05, 0.1) is 6.10 Å². The molecule has 3 aromatic rings. The van der Waals surface area contributed by atoms with Gasteiger partial charge in [0.2, 0.25) is 0 Å². The number of piperidine rings is 1. The molecule has 154 valence electrons. The first-order chi connectivity index (χ1) is 14.2. The van der Waals surface area contributed by atoms with E-state index in [0.29, 0.717) is 5.75 Å². The summed E-state index contributed by atoms with van der Waals surface area (Å²) in [6.45, 7) is 5.23. The zero-order chi connectivity index (χ0) is 20.1. The van der Waals surface area contributed by atoms with Crippen LogP contribution < -0.4 is 0 Å². The van der Waals surface area contributed by atoms with Gasteiger partial charge in [-0.1, -0.05) is 43.0 Å². The third-order valence-corrected chi connectivity index (χ3v) is 7.33. The largest absolute Gasteiger partial charge is 0.391 e. The fourth-order valence-electron chi connectivity index (χ4n) is 3.68. The summed E-state index contributed by atoms with van der Waals surface area (Å²) in [4.78, 5) is 3.65. The highest BCUT2D eigenvalue weighted by Crippen LogP contribution is 2.25. The van der Waals surface area contributed by atoms with Crippen molar-refractivity contribution in [2.75, 3.05) is 25.4 Å². The standard InChI is InChI=1S/C22H28N4OS2/c1-17-9-11-25(12-10-17)15-19(27)16-29-22-24-23-21(14-20-8-5-13-28-20)26(22)18-6-3-2-4-7-18/h2-8,13,17,19,27H,9-12,14-16H2,1H3. The van der Waals surface area contributed by atoms with E-state index in [-0.39, 0.29) is 6.10 Å². The summed E-state index contributed by atoms with van der Waals surface area (Å²) in [6, 6.07) is 14.4. The van der Waals surface area contributed by atoms with Crippen LogP contribution in [0.4, 0.5) is 0 Å². The molecule has 7 heteroatoms. The van der Waals surface area contributed by atoms with E-state index in [9.17, 15) is 5.11 Å². The molecule has 0 radical (unpaired) electrons. The molecule has 1 atom stereocenters. The van der Waals surface area contributed by atoms with Crippen molar-refractivity contribution in [2.24, 2.45) is 5.92 Å². The summed E-state index contributed by atoms with van der Waals surface area (Å²) in [5.74, 6) is 2.36. The van der Waals surface area contributed by atoms with Crippen molar-refractivity contribution in [2.45, 2.75) is 37.4 Å². The normalized spacial score (nSPS) is 16.9. The molecule has 0 spiro atoms. The van der Waals surface area contributed by atoms with Gasteiger partial charge in [0.1, 0.15) is 5.82 Å². The number of aliphatic hydroxyl groups excluding tert-OH is 1. The van der Waals surface area contributed by atoms with Gasteiger partial charge in [-0.3, -0.25) is 4.57 Å². The van der Waals surface area contributed by atoms with Gasteiger partial charge < -0.3 is 10.0 Å². The van der Waals surface area contributed by atoms with Crippen LogP contribution in [0.25, 0.3) is 5.69 Å². The number of para-hydroxylation sites is 1. The van der Waals surface area contributed by atoms with Crippen molar-refractivity contribution < 1.29 is 5.11 Å².